The van der Waals surface area contributed by atoms with Crippen molar-refractivity contribution >= 4 is 17.4 Å². The van der Waals surface area contributed by atoms with E-state index in [2.05, 4.69) is 54.0 Å². The van der Waals surface area contributed by atoms with Gasteiger partial charge in [-0.25, -0.2) is 0 Å². The number of hydrogen-bond donors (Lipinski definition) is 1. The predicted molar refractivity (Wildman–Crippen MR) is 88.9 cm³/mol. The number of nitrogens with one attached hydrogen (secondary N) is 1. The Morgan fingerprint density at radius 3 is 3.00 bits per heavy atom. The maximum atomic E-state index is 5.05. The van der Waals surface area contributed by atoms with Crippen LogP contribution in [-0.4, -0.2) is 44.4 Å². The second-order valence-corrected chi connectivity index (χ2v) is 6.55. The molecule has 1 aromatic carbocycles. The Labute approximate surface area is 127 Å². The van der Waals surface area contributed by atoms with Crippen LogP contribution in [0.5, 0.6) is 0 Å². The zero-order valence-corrected chi connectivity index (χ0v) is 13.6. The van der Waals surface area contributed by atoms with Gasteiger partial charge in [-0.2, -0.15) is 11.8 Å². The number of nitrogens with zero attached hydrogens (tertiary/aromatic N) is 1. The number of aryl methyl sites for hydroxylation is 1. The van der Waals surface area contributed by atoms with E-state index in [4.69, 9.17) is 4.74 Å². The first kappa shape index (κ1) is 15.7. The standard InChI is InChI=1S/C16H26N2OS/c1-13-10-16(18-7-9-20-12-14(18)2)5-4-15(13)11-17-6-8-19-3/h4-5,10,14,17H,6-9,11-12H2,1-3H3. The Morgan fingerprint density at radius 2 is 2.30 bits per heavy atom. The molecule has 1 saturated heterocycles. The molecule has 1 unspecified atom stereocenters. The molecule has 1 atom stereocenters. The fourth-order valence-electron chi connectivity index (χ4n) is 2.57. The van der Waals surface area contributed by atoms with E-state index in [-0.39, 0.29) is 0 Å². The first-order valence-electron chi connectivity index (χ1n) is 7.36. The lowest BCUT2D eigenvalue weighted by Gasteiger charge is -2.35. The normalized spacial score (nSPS) is 19.4. The van der Waals surface area contributed by atoms with Crippen molar-refractivity contribution in [3.8, 4) is 0 Å². The number of ether oxygens (including phenoxy) is 1. The van der Waals surface area contributed by atoms with E-state index >= 15 is 0 Å². The molecule has 112 valence electrons. The Morgan fingerprint density at radius 1 is 1.45 bits per heavy atom. The topological polar surface area (TPSA) is 24.5 Å². The van der Waals surface area contributed by atoms with Gasteiger partial charge in [0.05, 0.1) is 6.61 Å². The third-order valence-corrected chi connectivity index (χ3v) is 5.01. The molecule has 1 aromatic rings. The van der Waals surface area contributed by atoms with Gasteiger partial charge < -0.3 is 15.0 Å². The fourth-order valence-corrected chi connectivity index (χ4v) is 3.58. The Bertz CT molecular complexity index is 425. The molecule has 0 spiro atoms. The lowest BCUT2D eigenvalue weighted by Crippen LogP contribution is -2.40. The van der Waals surface area contributed by atoms with Crippen molar-refractivity contribution in [3.63, 3.8) is 0 Å². The van der Waals surface area contributed by atoms with Crippen LogP contribution < -0.4 is 10.2 Å². The van der Waals surface area contributed by atoms with Crippen LogP contribution in [0.1, 0.15) is 18.1 Å². The van der Waals surface area contributed by atoms with Crippen molar-refractivity contribution in [2.24, 2.45) is 0 Å². The molecule has 1 aliphatic rings. The minimum absolute atomic E-state index is 0.638. The summed E-state index contributed by atoms with van der Waals surface area (Å²) in [5.74, 6) is 2.48. The summed E-state index contributed by atoms with van der Waals surface area (Å²) in [7, 11) is 1.74. The molecule has 3 nitrogen and oxygen atoms in total. The molecular formula is C16H26N2OS. The number of anilines is 1. The highest BCUT2D eigenvalue weighted by Crippen LogP contribution is 2.25. The van der Waals surface area contributed by atoms with Crippen LogP contribution in [0.4, 0.5) is 5.69 Å². The van der Waals surface area contributed by atoms with Crippen LogP contribution in [0.15, 0.2) is 18.2 Å². The summed E-state index contributed by atoms with van der Waals surface area (Å²) < 4.78 is 5.05. The molecule has 1 fully saturated rings. The minimum atomic E-state index is 0.638. The Kier molecular flexibility index (Phi) is 6.20. The maximum absolute atomic E-state index is 5.05. The lowest BCUT2D eigenvalue weighted by atomic mass is 10.1. The summed E-state index contributed by atoms with van der Waals surface area (Å²) in [5, 5.41) is 3.41. The maximum Gasteiger partial charge on any atom is 0.0587 e. The average molecular weight is 294 g/mol. The van der Waals surface area contributed by atoms with Crippen LogP contribution in [0.2, 0.25) is 0 Å². The third kappa shape index (κ3) is 4.14. The van der Waals surface area contributed by atoms with Gasteiger partial charge in [-0.05, 0) is 37.1 Å². The summed E-state index contributed by atoms with van der Waals surface area (Å²) >= 11 is 2.06. The molecule has 1 aliphatic heterocycles. The van der Waals surface area contributed by atoms with Crippen molar-refractivity contribution < 1.29 is 4.74 Å². The highest BCUT2D eigenvalue weighted by molar-refractivity contribution is 7.99. The molecular weight excluding hydrogens is 268 g/mol. The molecule has 4 heteroatoms. The predicted octanol–water partition coefficient (Wildman–Crippen LogP) is 2.67. The van der Waals surface area contributed by atoms with E-state index in [0.717, 1.165) is 26.2 Å². The van der Waals surface area contributed by atoms with E-state index in [1.54, 1.807) is 7.11 Å². The van der Waals surface area contributed by atoms with Gasteiger partial charge in [0.25, 0.3) is 0 Å². The molecule has 1 N–H and O–H groups in total. The van der Waals surface area contributed by atoms with Crippen LogP contribution >= 0.6 is 11.8 Å². The van der Waals surface area contributed by atoms with Crippen LogP contribution in [0.25, 0.3) is 0 Å². The van der Waals surface area contributed by atoms with Crippen LogP contribution in [-0.2, 0) is 11.3 Å². The van der Waals surface area contributed by atoms with Crippen molar-refractivity contribution in [1.82, 2.24) is 5.32 Å². The first-order chi connectivity index (χ1) is 9.72. The van der Waals surface area contributed by atoms with Crippen molar-refractivity contribution in [3.05, 3.63) is 29.3 Å². The fraction of sp³-hybridized carbons (Fsp3) is 0.625. The first-order valence-corrected chi connectivity index (χ1v) is 8.51. The van der Waals surface area contributed by atoms with Gasteiger partial charge in [-0.3, -0.25) is 0 Å². The zero-order chi connectivity index (χ0) is 14.4. The van der Waals surface area contributed by atoms with Gasteiger partial charge in [0.15, 0.2) is 0 Å². The number of thioether (sulfide) groups is 1. The highest BCUT2D eigenvalue weighted by Gasteiger charge is 2.19. The summed E-state index contributed by atoms with van der Waals surface area (Å²) in [6, 6.07) is 7.50. The third-order valence-electron chi connectivity index (χ3n) is 3.82. The van der Waals surface area contributed by atoms with Crippen LogP contribution in [0, 0.1) is 6.92 Å². The second-order valence-electron chi connectivity index (χ2n) is 5.40. The van der Waals surface area contributed by atoms with E-state index in [9.17, 15) is 0 Å². The van der Waals surface area contributed by atoms with Gasteiger partial charge in [0, 0.05) is 50.0 Å². The summed E-state index contributed by atoms with van der Waals surface area (Å²) in [4.78, 5) is 2.53. The summed E-state index contributed by atoms with van der Waals surface area (Å²) in [5.41, 5.74) is 4.12. The molecule has 2 rings (SSSR count). The van der Waals surface area contributed by atoms with Gasteiger partial charge in [0.1, 0.15) is 0 Å². The number of hydrogen-bond acceptors (Lipinski definition) is 4. The smallest absolute Gasteiger partial charge is 0.0587 e. The largest absolute Gasteiger partial charge is 0.383 e. The van der Waals surface area contributed by atoms with E-state index < -0.39 is 0 Å². The number of benzene rings is 1. The van der Waals surface area contributed by atoms with Crippen molar-refractivity contribution in [2.45, 2.75) is 26.4 Å². The molecule has 20 heavy (non-hydrogen) atoms. The van der Waals surface area contributed by atoms with Crippen molar-refractivity contribution in [1.29, 1.82) is 0 Å². The van der Waals surface area contributed by atoms with Gasteiger partial charge >= 0.3 is 0 Å². The monoisotopic (exact) mass is 294 g/mol. The Hall–Kier alpha value is -0.710. The van der Waals surface area contributed by atoms with E-state index in [1.165, 1.54) is 28.3 Å². The number of methoxy groups -OCH3 is 1. The summed E-state index contributed by atoms with van der Waals surface area (Å²) in [6.45, 7) is 8.28. The minimum Gasteiger partial charge on any atom is -0.383 e. The highest BCUT2D eigenvalue weighted by atomic mass is 32.2. The number of rotatable bonds is 6. The Balaban J connectivity index is 1.97. The van der Waals surface area contributed by atoms with Gasteiger partial charge in [0.2, 0.25) is 0 Å². The average Bonchev–Trinajstić information content (AvgIpc) is 2.45. The molecule has 0 radical (unpaired) electrons. The van der Waals surface area contributed by atoms with E-state index in [0.29, 0.717) is 6.04 Å². The van der Waals surface area contributed by atoms with Gasteiger partial charge in [-0.15, -0.1) is 0 Å². The van der Waals surface area contributed by atoms with Gasteiger partial charge in [-0.1, -0.05) is 6.07 Å². The summed E-state index contributed by atoms with van der Waals surface area (Å²) in [6.07, 6.45) is 0. The molecule has 0 bridgehead atoms. The molecule has 0 amide bonds. The molecule has 1 heterocycles. The van der Waals surface area contributed by atoms with E-state index in [1.807, 2.05) is 0 Å². The molecule has 0 saturated carbocycles. The second kappa shape index (κ2) is 7.91. The molecule has 0 aliphatic carbocycles. The molecule has 0 aromatic heterocycles. The van der Waals surface area contributed by atoms with Crippen LogP contribution in [0.3, 0.4) is 0 Å². The quantitative estimate of drug-likeness (QED) is 0.815. The zero-order valence-electron chi connectivity index (χ0n) is 12.8. The lowest BCUT2D eigenvalue weighted by molar-refractivity contribution is 0.199. The van der Waals surface area contributed by atoms with Crippen molar-refractivity contribution in [2.75, 3.05) is 43.2 Å². The SMILES string of the molecule is COCCNCc1ccc(N2CCSCC2C)cc1C.